The zero-order valence-electron chi connectivity index (χ0n) is 9.15. The maximum absolute atomic E-state index is 4.91. The molecule has 0 aromatic heterocycles. The van der Waals surface area contributed by atoms with Gasteiger partial charge in [0.15, 0.2) is 0 Å². The van der Waals surface area contributed by atoms with Crippen LogP contribution in [0.15, 0.2) is 30.3 Å². The van der Waals surface area contributed by atoms with Crippen LogP contribution in [0.4, 0.5) is 0 Å². The molecular weight excluding hydrogens is 257 g/mol. The van der Waals surface area contributed by atoms with Crippen LogP contribution in [0.25, 0.3) is 0 Å². The maximum atomic E-state index is 4.91. The fourth-order valence-electron chi connectivity index (χ4n) is 0.574. The summed E-state index contributed by atoms with van der Waals surface area (Å²) in [6.07, 6.45) is 0. The summed E-state index contributed by atoms with van der Waals surface area (Å²) in [5, 5.41) is 0. The van der Waals surface area contributed by atoms with Gasteiger partial charge >= 0.3 is 67.9 Å². The molecule has 0 aliphatic heterocycles. The number of thiocarbonyl (C=S) groups is 1. The summed E-state index contributed by atoms with van der Waals surface area (Å²) < 4.78 is 1.83. The van der Waals surface area contributed by atoms with Gasteiger partial charge in [-0.2, -0.15) is 0 Å². The molecule has 0 radical (unpaired) electrons. The first-order chi connectivity index (χ1) is 6.30. The number of rotatable bonds is 1. The number of nitrogens with zero attached hydrogens (tertiary/aromatic N) is 1. The Morgan fingerprint density at radius 1 is 1.07 bits per heavy atom. The molecule has 1 rings (SSSR count). The van der Waals surface area contributed by atoms with Crippen molar-refractivity contribution in [3.05, 3.63) is 35.9 Å². The summed E-state index contributed by atoms with van der Waals surface area (Å²) in [7, 11) is 8.50. The summed E-state index contributed by atoms with van der Waals surface area (Å²) in [6, 6.07) is 9.89. The molecule has 1 nitrogen and oxygen atoms in total. The third-order valence-electron chi connectivity index (χ3n) is 1.01. The van der Waals surface area contributed by atoms with Crippen LogP contribution in [-0.4, -0.2) is 52.4 Å². The number of benzene rings is 1. The van der Waals surface area contributed by atoms with Crippen molar-refractivity contribution in [2.75, 3.05) is 28.2 Å². The monoisotopic (exact) mass is 275 g/mol. The fraction of sp³-hybridized carbons (Fsp3) is 0.364. The molecule has 0 N–H and O–H groups in total. The Labute approximate surface area is 101 Å². The van der Waals surface area contributed by atoms with E-state index >= 15 is 0 Å². The molecular formula is C11H17NSSe. The van der Waals surface area contributed by atoms with Crippen molar-refractivity contribution >= 4 is 32.0 Å². The van der Waals surface area contributed by atoms with Crippen molar-refractivity contribution in [2.24, 2.45) is 0 Å². The number of quaternary nitrogens is 1. The molecule has 0 aliphatic rings. The number of hydrogen-bond donors (Lipinski definition) is 0. The second kappa shape index (κ2) is 6.31. The van der Waals surface area contributed by atoms with Crippen molar-refractivity contribution in [3.63, 3.8) is 0 Å². The zero-order chi connectivity index (χ0) is 11.2. The van der Waals surface area contributed by atoms with Crippen LogP contribution in [0.3, 0.4) is 0 Å². The van der Waals surface area contributed by atoms with Crippen LogP contribution in [0.5, 0.6) is 0 Å². The third-order valence-corrected chi connectivity index (χ3v) is 1.74. The van der Waals surface area contributed by atoms with Gasteiger partial charge in [-0.05, 0) is 0 Å². The van der Waals surface area contributed by atoms with Gasteiger partial charge in [-0.1, -0.05) is 0 Å². The van der Waals surface area contributed by atoms with Gasteiger partial charge in [-0.15, -0.1) is 0 Å². The topological polar surface area (TPSA) is 0 Å². The van der Waals surface area contributed by atoms with Crippen LogP contribution in [0.1, 0.15) is 5.56 Å². The molecule has 0 aliphatic carbocycles. The molecule has 1 aromatic rings. The van der Waals surface area contributed by atoms with E-state index in [1.54, 1.807) is 0 Å². The van der Waals surface area contributed by atoms with Crippen molar-refractivity contribution in [3.8, 4) is 0 Å². The Balaban J connectivity index is 0.000000292. The van der Waals surface area contributed by atoms with Gasteiger partial charge in [0, 0.05) is 0 Å². The van der Waals surface area contributed by atoms with Gasteiger partial charge in [0.1, 0.15) is 0 Å². The number of hydrogen-bond acceptors (Lipinski definition) is 1. The summed E-state index contributed by atoms with van der Waals surface area (Å²) in [5.41, 5.74) is 1.09. The van der Waals surface area contributed by atoms with Crippen molar-refractivity contribution in [1.82, 2.24) is 0 Å². The quantitative estimate of drug-likeness (QED) is 0.428. The van der Waals surface area contributed by atoms with Gasteiger partial charge in [0.25, 0.3) is 0 Å². The molecule has 14 heavy (non-hydrogen) atoms. The standard InChI is InChI=1S/C7H6SSe.C4H12N/c8-7(9)6-4-2-1-3-5-6;1-5(2,3)4/h1-5H,(H,8,9);1-4H3/q;+1/p-1. The van der Waals surface area contributed by atoms with E-state index in [-0.39, 0.29) is 0 Å². The van der Waals surface area contributed by atoms with E-state index in [0.717, 1.165) is 13.8 Å². The fourth-order valence-corrected chi connectivity index (χ4v) is 0.996. The predicted octanol–water partition coefficient (Wildman–Crippen LogP) is 1.85. The summed E-state index contributed by atoms with van der Waals surface area (Å²) >= 11 is 7.69. The molecule has 3 heteroatoms. The average Bonchev–Trinajstić information content (AvgIpc) is 2.03. The van der Waals surface area contributed by atoms with Gasteiger partial charge in [-0.3, -0.25) is 0 Å². The van der Waals surface area contributed by atoms with Crippen LogP contribution in [0.2, 0.25) is 0 Å². The summed E-state index contributed by atoms with van der Waals surface area (Å²) in [5.74, 6) is 0. The van der Waals surface area contributed by atoms with Crippen LogP contribution in [-0.2, 0) is 0 Å². The Bertz CT molecular complexity index is 271. The Hall–Kier alpha value is -0.211. The van der Waals surface area contributed by atoms with Crippen LogP contribution in [0, 0.1) is 0 Å². The summed E-state index contributed by atoms with van der Waals surface area (Å²) in [4.78, 5) is 0. The van der Waals surface area contributed by atoms with Gasteiger partial charge in [0.05, 0.1) is 28.2 Å². The van der Waals surface area contributed by atoms with E-state index in [9.17, 15) is 0 Å². The Morgan fingerprint density at radius 2 is 1.43 bits per heavy atom. The molecule has 0 spiro atoms. The minimum atomic E-state index is 0.829. The predicted molar refractivity (Wildman–Crippen MR) is 67.9 cm³/mol. The van der Waals surface area contributed by atoms with Crippen LogP contribution < -0.4 is 0 Å². The van der Waals surface area contributed by atoms with E-state index < -0.39 is 0 Å². The average molecular weight is 274 g/mol. The van der Waals surface area contributed by atoms with Crippen molar-refractivity contribution in [1.29, 1.82) is 0 Å². The second-order valence-corrected chi connectivity index (χ2v) is 6.18. The molecule has 1 aromatic carbocycles. The SMILES string of the molecule is C[N+](C)(C)C.S=C([Se-])c1ccccc1. The van der Waals surface area contributed by atoms with E-state index in [1.165, 1.54) is 0 Å². The van der Waals surface area contributed by atoms with Crippen molar-refractivity contribution < 1.29 is 4.48 Å². The van der Waals surface area contributed by atoms with Gasteiger partial charge in [0.2, 0.25) is 0 Å². The minimum absolute atomic E-state index is 0.829. The van der Waals surface area contributed by atoms with E-state index in [1.807, 2.05) is 30.3 Å². The molecule has 0 unspecified atom stereocenters. The molecule has 0 atom stereocenters. The first kappa shape index (κ1) is 13.8. The Kier molecular flexibility index (Phi) is 6.21. The third kappa shape index (κ3) is 9.87. The molecule has 0 fully saturated rings. The molecule has 0 heterocycles. The summed E-state index contributed by atoms with van der Waals surface area (Å²) in [6.45, 7) is 0. The molecule has 0 bridgehead atoms. The van der Waals surface area contributed by atoms with Gasteiger partial charge in [-0.25, -0.2) is 0 Å². The molecule has 0 saturated carbocycles. The van der Waals surface area contributed by atoms with E-state index in [4.69, 9.17) is 12.2 Å². The van der Waals surface area contributed by atoms with Crippen LogP contribution >= 0.6 is 12.2 Å². The van der Waals surface area contributed by atoms with E-state index in [0.29, 0.717) is 0 Å². The molecule has 0 amide bonds. The normalized spacial score (nSPS) is 10.0. The zero-order valence-corrected chi connectivity index (χ0v) is 11.7. The first-order valence-corrected chi connectivity index (χ1v) is 5.62. The van der Waals surface area contributed by atoms with Gasteiger partial charge < -0.3 is 4.48 Å². The molecule has 0 saturated heterocycles. The van der Waals surface area contributed by atoms with Crippen molar-refractivity contribution in [2.45, 2.75) is 0 Å². The molecule has 78 valence electrons. The Morgan fingerprint density at radius 3 is 1.64 bits per heavy atom. The van der Waals surface area contributed by atoms with E-state index in [2.05, 4.69) is 44.2 Å². The first-order valence-electron chi connectivity index (χ1n) is 4.36. The second-order valence-electron chi connectivity index (χ2n) is 4.34.